The molecule has 2 heteroatoms. The van der Waals surface area contributed by atoms with Gasteiger partial charge in [-0.15, -0.1) is 0 Å². The van der Waals surface area contributed by atoms with E-state index in [-0.39, 0.29) is 0 Å². The van der Waals surface area contributed by atoms with Crippen molar-refractivity contribution >= 4 is 0 Å². The van der Waals surface area contributed by atoms with E-state index in [9.17, 15) is 0 Å². The van der Waals surface area contributed by atoms with Crippen LogP contribution in [0.4, 0.5) is 0 Å². The van der Waals surface area contributed by atoms with Gasteiger partial charge in [0, 0.05) is 6.04 Å². The summed E-state index contributed by atoms with van der Waals surface area (Å²) in [5.41, 5.74) is 1.28. The zero-order valence-corrected chi connectivity index (χ0v) is 22.3. The third-order valence-electron chi connectivity index (χ3n) is 6.86. The quantitative estimate of drug-likeness (QED) is 0.181. The summed E-state index contributed by atoms with van der Waals surface area (Å²) in [4.78, 5) is 2.42. The Bertz CT molecular complexity index is 710. The van der Waals surface area contributed by atoms with Gasteiger partial charge in [-0.3, -0.25) is 0 Å². The largest absolute Gasteiger partial charge is 0.457 e. The van der Waals surface area contributed by atoms with Gasteiger partial charge in [0.25, 0.3) is 0 Å². The number of rotatable bonds is 20. The van der Waals surface area contributed by atoms with Crippen molar-refractivity contribution in [1.29, 1.82) is 0 Å². The third kappa shape index (κ3) is 13.2. The van der Waals surface area contributed by atoms with E-state index in [2.05, 4.69) is 56.6 Å². The molecule has 0 aliphatic carbocycles. The van der Waals surface area contributed by atoms with Crippen LogP contribution in [0.1, 0.15) is 109 Å². The lowest BCUT2D eigenvalue weighted by Gasteiger charge is -2.24. The van der Waals surface area contributed by atoms with Crippen molar-refractivity contribution in [2.45, 2.75) is 109 Å². The van der Waals surface area contributed by atoms with Crippen LogP contribution >= 0.6 is 0 Å². The van der Waals surface area contributed by atoms with E-state index >= 15 is 0 Å². The minimum Gasteiger partial charge on any atom is -0.457 e. The average Bonchev–Trinajstić information content (AvgIpc) is 2.85. The van der Waals surface area contributed by atoms with Crippen LogP contribution in [0.5, 0.6) is 11.5 Å². The second kappa shape index (κ2) is 18.5. The summed E-state index contributed by atoms with van der Waals surface area (Å²) in [5, 5.41) is 0. The first-order valence-corrected chi connectivity index (χ1v) is 14.0. The molecular formula is C32H50NO. The number of hydrogen-bond donors (Lipinski definition) is 0. The summed E-state index contributed by atoms with van der Waals surface area (Å²) in [6.45, 7) is 2.29. The van der Waals surface area contributed by atoms with E-state index in [1.54, 1.807) is 0 Å². The molecule has 1 unspecified atom stereocenters. The number of ether oxygens (including phenoxy) is 1. The third-order valence-corrected chi connectivity index (χ3v) is 6.86. The van der Waals surface area contributed by atoms with Crippen LogP contribution in [-0.2, 0) is 0 Å². The molecule has 1 radical (unpaired) electrons. The van der Waals surface area contributed by atoms with Crippen molar-refractivity contribution in [1.82, 2.24) is 4.90 Å². The fourth-order valence-electron chi connectivity index (χ4n) is 4.62. The van der Waals surface area contributed by atoms with Crippen molar-refractivity contribution in [2.75, 3.05) is 14.1 Å². The molecule has 0 aliphatic rings. The Labute approximate surface area is 211 Å². The highest BCUT2D eigenvalue weighted by Gasteiger charge is 2.11. The van der Waals surface area contributed by atoms with Gasteiger partial charge in [-0.25, -0.2) is 0 Å². The molecule has 2 aromatic carbocycles. The Kier molecular flexibility index (Phi) is 15.5. The summed E-state index contributed by atoms with van der Waals surface area (Å²) < 4.78 is 5.90. The molecule has 0 N–H and O–H groups in total. The monoisotopic (exact) mass is 464 g/mol. The lowest BCUT2D eigenvalue weighted by molar-refractivity contribution is 0.257. The van der Waals surface area contributed by atoms with Crippen LogP contribution in [0, 0.1) is 6.42 Å². The van der Waals surface area contributed by atoms with E-state index < -0.39 is 0 Å². The van der Waals surface area contributed by atoms with Gasteiger partial charge >= 0.3 is 0 Å². The maximum Gasteiger partial charge on any atom is 0.127 e. The van der Waals surface area contributed by atoms with E-state index in [1.807, 2.05) is 30.3 Å². The first kappa shape index (κ1) is 28.4. The van der Waals surface area contributed by atoms with E-state index in [1.165, 1.54) is 95.5 Å². The summed E-state index contributed by atoms with van der Waals surface area (Å²) in [6, 6.07) is 19.1. The molecule has 0 heterocycles. The number of unbranched alkanes of at least 4 members (excludes halogenated alkanes) is 11. The van der Waals surface area contributed by atoms with Crippen molar-refractivity contribution in [2.24, 2.45) is 0 Å². The number of benzene rings is 2. The van der Waals surface area contributed by atoms with Gasteiger partial charge in [-0.05, 0) is 69.6 Å². The maximum absolute atomic E-state index is 5.90. The SMILES string of the molecule is CCCCCCCCCCCCCCC(CC[CH]c1ccc(Oc2ccccc2)cc1)N(C)C. The Hall–Kier alpha value is -1.80. The molecule has 0 fully saturated rings. The summed E-state index contributed by atoms with van der Waals surface area (Å²) in [7, 11) is 4.47. The van der Waals surface area contributed by atoms with Crippen LogP contribution in [-0.4, -0.2) is 25.0 Å². The molecular weight excluding hydrogens is 414 g/mol. The fourth-order valence-corrected chi connectivity index (χ4v) is 4.62. The van der Waals surface area contributed by atoms with Gasteiger partial charge < -0.3 is 9.64 Å². The Balaban J connectivity index is 1.52. The van der Waals surface area contributed by atoms with Crippen molar-refractivity contribution in [3.63, 3.8) is 0 Å². The molecule has 0 saturated heterocycles. The zero-order chi connectivity index (χ0) is 24.3. The Morgan fingerprint density at radius 2 is 1.18 bits per heavy atom. The van der Waals surface area contributed by atoms with Gasteiger partial charge in [0.1, 0.15) is 11.5 Å². The molecule has 0 saturated carbocycles. The molecule has 2 aromatic rings. The van der Waals surface area contributed by atoms with Crippen molar-refractivity contribution < 1.29 is 4.74 Å². The van der Waals surface area contributed by atoms with E-state index in [0.29, 0.717) is 6.04 Å². The Morgan fingerprint density at radius 1 is 0.647 bits per heavy atom. The van der Waals surface area contributed by atoms with Gasteiger partial charge in [0.2, 0.25) is 0 Å². The normalized spacial score (nSPS) is 12.2. The Morgan fingerprint density at radius 3 is 1.74 bits per heavy atom. The predicted octanol–water partition coefficient (Wildman–Crippen LogP) is 9.83. The molecule has 1 atom stereocenters. The molecule has 0 aliphatic heterocycles. The van der Waals surface area contributed by atoms with Crippen molar-refractivity contribution in [3.05, 3.63) is 66.6 Å². The standard InChI is InChI=1S/C32H50NO/c1-4-5-6-7-8-9-10-11-12-13-14-16-21-30(33(2)3)22-19-20-29-25-27-32(28-26-29)34-31-23-17-15-18-24-31/h15,17-18,20,23-28,30H,4-14,16,19,21-22H2,1-3H3. The highest BCUT2D eigenvalue weighted by Crippen LogP contribution is 2.23. The minimum absolute atomic E-state index is 0.681. The summed E-state index contributed by atoms with van der Waals surface area (Å²) >= 11 is 0. The molecule has 0 bridgehead atoms. The lowest BCUT2D eigenvalue weighted by atomic mass is 9.98. The molecule has 0 spiro atoms. The van der Waals surface area contributed by atoms with Gasteiger partial charge in [0.15, 0.2) is 0 Å². The highest BCUT2D eigenvalue weighted by molar-refractivity contribution is 5.35. The fraction of sp³-hybridized carbons (Fsp3) is 0.594. The molecule has 189 valence electrons. The van der Waals surface area contributed by atoms with Crippen LogP contribution in [0.2, 0.25) is 0 Å². The second-order valence-corrected chi connectivity index (χ2v) is 10.1. The average molecular weight is 465 g/mol. The molecule has 34 heavy (non-hydrogen) atoms. The first-order chi connectivity index (χ1) is 16.7. The van der Waals surface area contributed by atoms with E-state index in [4.69, 9.17) is 4.74 Å². The summed E-state index contributed by atoms with van der Waals surface area (Å²) in [5.74, 6) is 1.77. The van der Waals surface area contributed by atoms with Crippen molar-refractivity contribution in [3.8, 4) is 11.5 Å². The molecule has 2 rings (SSSR count). The predicted molar refractivity (Wildman–Crippen MR) is 149 cm³/mol. The topological polar surface area (TPSA) is 12.5 Å². The van der Waals surface area contributed by atoms with Crippen LogP contribution in [0.15, 0.2) is 54.6 Å². The lowest BCUT2D eigenvalue weighted by Crippen LogP contribution is -2.27. The van der Waals surface area contributed by atoms with Gasteiger partial charge in [-0.2, -0.15) is 0 Å². The maximum atomic E-state index is 5.90. The first-order valence-electron chi connectivity index (χ1n) is 14.0. The van der Waals surface area contributed by atoms with Crippen LogP contribution in [0.3, 0.4) is 0 Å². The number of para-hydroxylation sites is 1. The zero-order valence-electron chi connectivity index (χ0n) is 22.3. The van der Waals surface area contributed by atoms with E-state index in [0.717, 1.165) is 17.9 Å². The molecule has 2 nitrogen and oxygen atoms in total. The van der Waals surface area contributed by atoms with Crippen LogP contribution in [0.25, 0.3) is 0 Å². The number of nitrogens with zero attached hydrogens (tertiary/aromatic N) is 1. The molecule has 0 amide bonds. The summed E-state index contributed by atoms with van der Waals surface area (Å²) in [6.07, 6.45) is 23.1. The minimum atomic E-state index is 0.681. The molecule has 0 aromatic heterocycles. The second-order valence-electron chi connectivity index (χ2n) is 10.1. The number of hydrogen-bond acceptors (Lipinski definition) is 2. The van der Waals surface area contributed by atoms with Gasteiger partial charge in [0.05, 0.1) is 0 Å². The smallest absolute Gasteiger partial charge is 0.127 e. The highest BCUT2D eigenvalue weighted by atomic mass is 16.5. The van der Waals surface area contributed by atoms with Crippen LogP contribution < -0.4 is 4.74 Å². The van der Waals surface area contributed by atoms with Gasteiger partial charge in [-0.1, -0.05) is 114 Å².